The van der Waals surface area contributed by atoms with Crippen LogP contribution in [0.5, 0.6) is 5.75 Å². The SMILES string of the molecule is CCCCOC(=O)c1ccc(N2C(=O)C(Cl)=C(Nc3ccc(OCC)cc3)C2=O)cc1. The summed E-state index contributed by atoms with van der Waals surface area (Å²) in [6.45, 7) is 4.78. The van der Waals surface area contributed by atoms with Gasteiger partial charge < -0.3 is 14.8 Å². The van der Waals surface area contributed by atoms with Crippen molar-refractivity contribution >= 4 is 40.8 Å². The van der Waals surface area contributed by atoms with Crippen LogP contribution < -0.4 is 15.0 Å². The second-order valence-corrected chi connectivity index (χ2v) is 7.13. The Balaban J connectivity index is 1.72. The van der Waals surface area contributed by atoms with E-state index in [1.54, 1.807) is 24.3 Å². The highest BCUT2D eigenvalue weighted by Gasteiger charge is 2.39. The number of rotatable bonds is 9. The number of amides is 2. The molecular formula is C23H23ClN2O5. The molecule has 0 saturated carbocycles. The van der Waals surface area contributed by atoms with Crippen LogP contribution in [0.2, 0.25) is 0 Å². The number of halogens is 1. The summed E-state index contributed by atoms with van der Waals surface area (Å²) in [5, 5.41) is 2.70. The van der Waals surface area contributed by atoms with Crippen molar-refractivity contribution in [2.24, 2.45) is 0 Å². The van der Waals surface area contributed by atoms with E-state index in [0.717, 1.165) is 17.7 Å². The lowest BCUT2D eigenvalue weighted by Gasteiger charge is -2.15. The molecule has 0 unspecified atom stereocenters. The van der Waals surface area contributed by atoms with Crippen LogP contribution in [0.4, 0.5) is 11.4 Å². The molecule has 31 heavy (non-hydrogen) atoms. The van der Waals surface area contributed by atoms with Crippen LogP contribution in [0.1, 0.15) is 37.0 Å². The van der Waals surface area contributed by atoms with E-state index in [4.69, 9.17) is 21.1 Å². The molecule has 0 saturated heterocycles. The number of unbranched alkanes of at least 4 members (excludes halogenated alkanes) is 1. The standard InChI is InChI=1S/C23H23ClN2O5/c1-3-5-14-31-23(29)15-6-10-17(11-7-15)26-21(27)19(24)20(22(26)28)25-16-8-12-18(13-9-16)30-4-2/h6-13,25H,3-5,14H2,1-2H3. The fourth-order valence-corrected chi connectivity index (χ4v) is 3.14. The lowest BCUT2D eigenvalue weighted by Crippen LogP contribution is -2.32. The number of nitrogens with zero attached hydrogens (tertiary/aromatic N) is 1. The van der Waals surface area contributed by atoms with E-state index < -0.39 is 17.8 Å². The highest BCUT2D eigenvalue weighted by Crippen LogP contribution is 2.30. The third-order valence-corrected chi connectivity index (χ3v) is 4.90. The Labute approximate surface area is 185 Å². The topological polar surface area (TPSA) is 84.9 Å². The zero-order chi connectivity index (χ0) is 22.4. The summed E-state index contributed by atoms with van der Waals surface area (Å²) < 4.78 is 10.6. The summed E-state index contributed by atoms with van der Waals surface area (Å²) in [6, 6.07) is 13.0. The van der Waals surface area contributed by atoms with Crippen molar-refractivity contribution in [3.8, 4) is 5.75 Å². The molecule has 2 amide bonds. The maximum Gasteiger partial charge on any atom is 0.338 e. The molecule has 0 spiro atoms. The normalized spacial score (nSPS) is 13.6. The quantitative estimate of drug-likeness (QED) is 0.350. The Hall–Kier alpha value is -3.32. The molecule has 0 aliphatic carbocycles. The van der Waals surface area contributed by atoms with Gasteiger partial charge in [0.2, 0.25) is 0 Å². The van der Waals surface area contributed by atoms with Gasteiger partial charge in [0.1, 0.15) is 16.5 Å². The van der Waals surface area contributed by atoms with E-state index in [9.17, 15) is 14.4 Å². The summed E-state index contributed by atoms with van der Waals surface area (Å²) in [4.78, 5) is 38.5. The highest BCUT2D eigenvalue weighted by molar-refractivity contribution is 6.53. The molecule has 162 valence electrons. The molecule has 1 heterocycles. The Bertz CT molecular complexity index is 1000. The molecule has 0 atom stereocenters. The molecule has 1 aliphatic heterocycles. The monoisotopic (exact) mass is 442 g/mol. The van der Waals surface area contributed by atoms with E-state index in [-0.39, 0.29) is 10.7 Å². The second kappa shape index (κ2) is 10.1. The van der Waals surface area contributed by atoms with Gasteiger partial charge in [-0.2, -0.15) is 0 Å². The maximum atomic E-state index is 12.9. The Morgan fingerprint density at radius 2 is 1.68 bits per heavy atom. The number of imide groups is 1. The Morgan fingerprint density at radius 3 is 2.29 bits per heavy atom. The van der Waals surface area contributed by atoms with E-state index in [0.29, 0.717) is 35.9 Å². The number of hydrogen-bond donors (Lipinski definition) is 1. The summed E-state index contributed by atoms with van der Waals surface area (Å²) in [7, 11) is 0. The minimum Gasteiger partial charge on any atom is -0.494 e. The number of benzene rings is 2. The van der Waals surface area contributed by atoms with Gasteiger partial charge in [0.15, 0.2) is 0 Å². The second-order valence-electron chi connectivity index (χ2n) is 6.75. The van der Waals surface area contributed by atoms with Gasteiger partial charge >= 0.3 is 5.97 Å². The molecule has 0 fully saturated rings. The van der Waals surface area contributed by atoms with E-state index >= 15 is 0 Å². The van der Waals surface area contributed by atoms with E-state index in [2.05, 4.69) is 5.32 Å². The van der Waals surface area contributed by atoms with Crippen LogP contribution in [0.15, 0.2) is 59.3 Å². The molecule has 0 radical (unpaired) electrons. The lowest BCUT2D eigenvalue weighted by molar-refractivity contribution is -0.120. The molecule has 2 aromatic carbocycles. The number of nitrogens with one attached hydrogen (secondary N) is 1. The van der Waals surface area contributed by atoms with Gasteiger partial charge in [-0.05, 0) is 61.9 Å². The zero-order valence-corrected chi connectivity index (χ0v) is 18.1. The highest BCUT2D eigenvalue weighted by atomic mass is 35.5. The van der Waals surface area contributed by atoms with Crippen molar-refractivity contribution in [2.75, 3.05) is 23.4 Å². The predicted molar refractivity (Wildman–Crippen MR) is 118 cm³/mol. The van der Waals surface area contributed by atoms with E-state index in [1.807, 2.05) is 13.8 Å². The van der Waals surface area contributed by atoms with Crippen molar-refractivity contribution in [2.45, 2.75) is 26.7 Å². The van der Waals surface area contributed by atoms with Crippen LogP contribution in [-0.2, 0) is 14.3 Å². The molecule has 1 N–H and O–H groups in total. The first kappa shape index (κ1) is 22.4. The predicted octanol–water partition coefficient (Wildman–Crippen LogP) is 4.48. The Kier molecular flexibility index (Phi) is 7.31. The van der Waals surface area contributed by atoms with E-state index in [1.165, 1.54) is 24.3 Å². The molecule has 2 aromatic rings. The number of carbonyl (C=O) groups excluding carboxylic acids is 3. The minimum atomic E-state index is -0.640. The van der Waals surface area contributed by atoms with Crippen LogP contribution in [0.25, 0.3) is 0 Å². The fraction of sp³-hybridized carbons (Fsp3) is 0.261. The molecular weight excluding hydrogens is 420 g/mol. The summed E-state index contributed by atoms with van der Waals surface area (Å²) >= 11 is 6.16. The average Bonchev–Trinajstić information content (AvgIpc) is 2.98. The van der Waals surface area contributed by atoms with Crippen LogP contribution >= 0.6 is 11.6 Å². The summed E-state index contributed by atoms with van der Waals surface area (Å²) in [6.07, 6.45) is 1.71. The average molecular weight is 443 g/mol. The molecule has 0 aromatic heterocycles. The van der Waals surface area contributed by atoms with Crippen LogP contribution in [-0.4, -0.2) is 31.0 Å². The smallest absolute Gasteiger partial charge is 0.338 e. The van der Waals surface area contributed by atoms with Crippen molar-refractivity contribution in [3.05, 3.63) is 64.8 Å². The minimum absolute atomic E-state index is 0.0149. The maximum absolute atomic E-state index is 12.9. The van der Waals surface area contributed by atoms with Crippen molar-refractivity contribution in [1.29, 1.82) is 0 Å². The molecule has 0 bridgehead atoms. The van der Waals surface area contributed by atoms with Crippen molar-refractivity contribution < 1.29 is 23.9 Å². The van der Waals surface area contributed by atoms with Gasteiger partial charge in [-0.25, -0.2) is 9.69 Å². The largest absolute Gasteiger partial charge is 0.494 e. The fourth-order valence-electron chi connectivity index (χ4n) is 2.93. The van der Waals surface area contributed by atoms with Gasteiger partial charge in [0.25, 0.3) is 11.8 Å². The number of carbonyl (C=O) groups is 3. The van der Waals surface area contributed by atoms with Gasteiger partial charge in [-0.3, -0.25) is 9.59 Å². The molecule has 3 rings (SSSR count). The van der Waals surface area contributed by atoms with Crippen molar-refractivity contribution in [1.82, 2.24) is 0 Å². The zero-order valence-electron chi connectivity index (χ0n) is 17.3. The third-order valence-electron chi connectivity index (χ3n) is 4.55. The molecule has 8 heteroatoms. The molecule has 1 aliphatic rings. The van der Waals surface area contributed by atoms with Gasteiger partial charge in [-0.1, -0.05) is 24.9 Å². The van der Waals surface area contributed by atoms with Crippen LogP contribution in [0.3, 0.4) is 0 Å². The number of ether oxygens (including phenoxy) is 2. The molecule has 7 nitrogen and oxygen atoms in total. The van der Waals surface area contributed by atoms with Crippen LogP contribution in [0, 0.1) is 0 Å². The number of anilines is 2. The van der Waals surface area contributed by atoms with Gasteiger partial charge in [0, 0.05) is 5.69 Å². The first-order chi connectivity index (χ1) is 15.0. The number of esters is 1. The summed E-state index contributed by atoms with van der Waals surface area (Å²) in [5.74, 6) is -0.981. The summed E-state index contributed by atoms with van der Waals surface area (Å²) in [5.41, 5.74) is 1.22. The Morgan fingerprint density at radius 1 is 1.00 bits per heavy atom. The van der Waals surface area contributed by atoms with Crippen molar-refractivity contribution in [3.63, 3.8) is 0 Å². The van der Waals surface area contributed by atoms with Gasteiger partial charge in [-0.15, -0.1) is 0 Å². The lowest BCUT2D eigenvalue weighted by atomic mass is 10.2. The number of hydrogen-bond acceptors (Lipinski definition) is 6. The third kappa shape index (κ3) is 5.06. The van der Waals surface area contributed by atoms with Gasteiger partial charge in [0.05, 0.1) is 24.5 Å². The first-order valence-electron chi connectivity index (χ1n) is 10.0. The first-order valence-corrected chi connectivity index (χ1v) is 10.4.